The molecule has 0 spiro atoms. The molecule has 0 saturated heterocycles. The molecule has 1 saturated carbocycles. The molecule has 4 rings (SSSR count). The lowest BCUT2D eigenvalue weighted by molar-refractivity contribution is -0.138. The normalized spacial score (nSPS) is 19.8. The fraction of sp³-hybridized carbons (Fsp3) is 0.679. The van der Waals surface area contributed by atoms with E-state index in [9.17, 15) is 26.3 Å². The Hall–Kier alpha value is -2.79. The highest BCUT2D eigenvalue weighted by atomic mass is 19.4. The molecule has 1 fully saturated rings. The van der Waals surface area contributed by atoms with Gasteiger partial charge in [0, 0.05) is 31.4 Å². The number of tetrazole rings is 1. The van der Waals surface area contributed by atoms with Crippen LogP contribution in [0.3, 0.4) is 0 Å². The minimum atomic E-state index is -4.46. The van der Waals surface area contributed by atoms with E-state index in [-0.39, 0.29) is 24.1 Å². The van der Waals surface area contributed by atoms with E-state index in [2.05, 4.69) is 20.3 Å². The van der Waals surface area contributed by atoms with Crippen LogP contribution in [0.15, 0.2) is 23.8 Å². The Morgan fingerprint density at radius 3 is 2.40 bits per heavy atom. The molecule has 0 amide bonds. The van der Waals surface area contributed by atoms with Crippen molar-refractivity contribution in [3.05, 3.63) is 40.5 Å². The van der Waals surface area contributed by atoms with Gasteiger partial charge in [-0.3, -0.25) is 0 Å². The average Bonchev–Trinajstić information content (AvgIpc) is 3.29. The van der Waals surface area contributed by atoms with Crippen LogP contribution in [0, 0.1) is 12.8 Å². The number of halogens is 6. The highest BCUT2D eigenvalue weighted by molar-refractivity contribution is 5.59. The number of alkyl halides is 6. The van der Waals surface area contributed by atoms with Crippen LogP contribution >= 0.6 is 0 Å². The summed E-state index contributed by atoms with van der Waals surface area (Å²) in [6, 6.07) is 2.71. The van der Waals surface area contributed by atoms with E-state index < -0.39 is 24.3 Å². The number of fused-ring (bicyclic) bond motifs is 1. The molecule has 1 aromatic carbocycles. The van der Waals surface area contributed by atoms with Crippen LogP contribution in [-0.4, -0.2) is 52.1 Å². The van der Waals surface area contributed by atoms with Gasteiger partial charge in [0.2, 0.25) is 0 Å². The molecule has 6 nitrogen and oxygen atoms in total. The third-order valence-electron chi connectivity index (χ3n) is 7.99. The summed E-state index contributed by atoms with van der Waals surface area (Å²) in [6.07, 6.45) is -1.17. The molecule has 12 heteroatoms. The summed E-state index contributed by atoms with van der Waals surface area (Å²) >= 11 is 0. The second kappa shape index (κ2) is 12.4. The first-order valence-electron chi connectivity index (χ1n) is 14.0. The minimum absolute atomic E-state index is 0.160. The Labute approximate surface area is 231 Å². The predicted molar refractivity (Wildman–Crippen MR) is 142 cm³/mol. The molecular formula is C28H38F6N6. The molecule has 0 radical (unpaired) electrons. The maximum absolute atomic E-state index is 14.0. The monoisotopic (exact) mass is 572 g/mol. The zero-order valence-electron chi connectivity index (χ0n) is 23.3. The van der Waals surface area contributed by atoms with Gasteiger partial charge in [0.25, 0.3) is 5.95 Å². The van der Waals surface area contributed by atoms with Gasteiger partial charge in [-0.15, -0.1) is 5.10 Å². The molecule has 1 atom stereocenters. The number of hydrogen-bond acceptors (Lipinski definition) is 5. The number of hydrogen-bond donors (Lipinski definition) is 0. The summed E-state index contributed by atoms with van der Waals surface area (Å²) in [7, 11) is 1.61. The number of aromatic nitrogens is 4. The van der Waals surface area contributed by atoms with Crippen molar-refractivity contribution >= 4 is 11.6 Å². The van der Waals surface area contributed by atoms with Crippen molar-refractivity contribution < 1.29 is 26.3 Å². The molecule has 1 aliphatic carbocycles. The molecule has 2 aromatic rings. The van der Waals surface area contributed by atoms with Crippen molar-refractivity contribution in [2.24, 2.45) is 13.0 Å². The highest BCUT2D eigenvalue weighted by Crippen LogP contribution is 2.39. The molecule has 2 heterocycles. The van der Waals surface area contributed by atoms with E-state index >= 15 is 0 Å². The second-order valence-electron chi connectivity index (χ2n) is 11.3. The van der Waals surface area contributed by atoms with Crippen molar-refractivity contribution in [2.45, 2.75) is 90.0 Å². The van der Waals surface area contributed by atoms with E-state index in [0.717, 1.165) is 43.9 Å². The Balaban J connectivity index is 1.69. The van der Waals surface area contributed by atoms with Gasteiger partial charge in [0.05, 0.1) is 19.0 Å². The third-order valence-corrected chi connectivity index (χ3v) is 7.99. The minimum Gasteiger partial charge on any atom is -0.371 e. The second-order valence-corrected chi connectivity index (χ2v) is 11.3. The largest absolute Gasteiger partial charge is 0.416 e. The van der Waals surface area contributed by atoms with E-state index in [1.54, 1.807) is 20.0 Å². The highest BCUT2D eigenvalue weighted by Gasteiger charge is 2.35. The fourth-order valence-electron chi connectivity index (χ4n) is 6.03. The molecule has 0 N–H and O–H groups in total. The van der Waals surface area contributed by atoms with Gasteiger partial charge in [-0.1, -0.05) is 42.1 Å². The van der Waals surface area contributed by atoms with Gasteiger partial charge in [-0.25, -0.2) is 0 Å². The van der Waals surface area contributed by atoms with Crippen molar-refractivity contribution in [1.29, 1.82) is 0 Å². The number of allylic oxidation sites excluding steroid dienone is 1. The first kappa shape index (κ1) is 30.2. The molecule has 1 aliphatic heterocycles. The number of benzene rings is 1. The molecular weight excluding hydrogens is 534 g/mol. The fourth-order valence-corrected chi connectivity index (χ4v) is 6.03. The third kappa shape index (κ3) is 7.90. The SMILES string of the molecule is C/C(=C\CC(F)(F)F)CN(c1nnn(C)n1)C1CCCN(CC2CCCCC2)c2cc(C(F)(F)F)c(C)cc2C1. The van der Waals surface area contributed by atoms with Crippen LogP contribution in [0.25, 0.3) is 0 Å². The first-order valence-corrected chi connectivity index (χ1v) is 14.0. The van der Waals surface area contributed by atoms with E-state index in [4.69, 9.17) is 0 Å². The van der Waals surface area contributed by atoms with Crippen molar-refractivity contribution in [1.82, 2.24) is 20.2 Å². The zero-order valence-corrected chi connectivity index (χ0v) is 23.3. The Morgan fingerprint density at radius 1 is 1.05 bits per heavy atom. The van der Waals surface area contributed by atoms with E-state index in [1.807, 2.05) is 4.90 Å². The van der Waals surface area contributed by atoms with Gasteiger partial charge < -0.3 is 9.80 Å². The number of aryl methyl sites for hydroxylation is 2. The van der Waals surface area contributed by atoms with Crippen molar-refractivity contribution in [3.63, 3.8) is 0 Å². The number of anilines is 2. The molecule has 2 aliphatic rings. The van der Waals surface area contributed by atoms with Gasteiger partial charge in [-0.05, 0) is 74.3 Å². The van der Waals surface area contributed by atoms with Gasteiger partial charge >= 0.3 is 12.4 Å². The topological polar surface area (TPSA) is 50.1 Å². The first-order chi connectivity index (χ1) is 18.8. The lowest BCUT2D eigenvalue weighted by atomic mass is 9.87. The standard InChI is InChI=1S/C28H38F6N6/c1-19(11-12-27(29,30)31)17-40(26-35-37-38(3)36-26)23-10-7-13-39(18-21-8-5-4-6-9-21)25-16-24(28(32,33)34)20(2)14-22(25)15-23/h11,14,16,21,23H,4-10,12-13,15,17-18H2,1-3H3/b19-11+. The average molecular weight is 573 g/mol. The van der Waals surface area contributed by atoms with E-state index in [1.165, 1.54) is 24.2 Å². The molecule has 222 valence electrons. The lowest BCUT2D eigenvalue weighted by Gasteiger charge is -2.38. The van der Waals surface area contributed by atoms with Gasteiger partial charge in [0.1, 0.15) is 0 Å². The Morgan fingerprint density at radius 2 is 1.77 bits per heavy atom. The van der Waals surface area contributed by atoms with Crippen LogP contribution in [-0.2, 0) is 19.6 Å². The van der Waals surface area contributed by atoms with Crippen LogP contribution in [0.1, 0.15) is 75.0 Å². The zero-order chi connectivity index (χ0) is 29.1. The van der Waals surface area contributed by atoms with Crippen LogP contribution < -0.4 is 9.80 Å². The lowest BCUT2D eigenvalue weighted by Crippen LogP contribution is -2.42. The smallest absolute Gasteiger partial charge is 0.371 e. The maximum atomic E-state index is 14.0. The summed E-state index contributed by atoms with van der Waals surface area (Å²) in [5.74, 6) is 0.742. The van der Waals surface area contributed by atoms with Crippen LogP contribution in [0.2, 0.25) is 0 Å². The van der Waals surface area contributed by atoms with Crippen molar-refractivity contribution in [3.8, 4) is 0 Å². The van der Waals surface area contributed by atoms with Gasteiger partial charge in [0.15, 0.2) is 0 Å². The van der Waals surface area contributed by atoms with Crippen LogP contribution in [0.4, 0.5) is 38.0 Å². The molecule has 40 heavy (non-hydrogen) atoms. The van der Waals surface area contributed by atoms with E-state index in [0.29, 0.717) is 43.0 Å². The Bertz CT molecular complexity index is 1170. The maximum Gasteiger partial charge on any atom is 0.416 e. The van der Waals surface area contributed by atoms with Crippen LogP contribution in [0.5, 0.6) is 0 Å². The van der Waals surface area contributed by atoms with Gasteiger partial charge in [-0.2, -0.15) is 31.1 Å². The summed E-state index contributed by atoms with van der Waals surface area (Å²) in [5.41, 5.74) is 1.44. The summed E-state index contributed by atoms with van der Waals surface area (Å²) < 4.78 is 80.6. The number of rotatable bonds is 7. The quantitative estimate of drug-likeness (QED) is 0.263. The molecule has 1 aromatic heterocycles. The summed E-state index contributed by atoms with van der Waals surface area (Å²) in [4.78, 5) is 5.28. The van der Waals surface area contributed by atoms with Crippen molar-refractivity contribution in [2.75, 3.05) is 29.4 Å². The number of nitrogens with zero attached hydrogens (tertiary/aromatic N) is 6. The molecule has 1 unspecified atom stereocenters. The summed E-state index contributed by atoms with van der Waals surface area (Å²) in [5, 5.41) is 12.4. The predicted octanol–water partition coefficient (Wildman–Crippen LogP) is 7.03. The molecule has 0 bridgehead atoms. The Kier molecular flexibility index (Phi) is 9.34. The summed E-state index contributed by atoms with van der Waals surface area (Å²) in [6.45, 7) is 4.61.